The number of likely N-dealkylation sites (tertiary alicyclic amines) is 1. The van der Waals surface area contributed by atoms with Crippen LogP contribution in [0.4, 0.5) is 0 Å². The van der Waals surface area contributed by atoms with Gasteiger partial charge in [-0.05, 0) is 48.2 Å². The van der Waals surface area contributed by atoms with Gasteiger partial charge >= 0.3 is 0 Å². The highest BCUT2D eigenvalue weighted by molar-refractivity contribution is 5.47. The molecule has 124 valence electrons. The molecule has 0 bridgehead atoms. The molecule has 1 aliphatic heterocycles. The third kappa shape index (κ3) is 3.63. The zero-order valence-corrected chi connectivity index (χ0v) is 13.7. The molecule has 3 aromatic rings. The molecule has 1 aliphatic rings. The van der Waals surface area contributed by atoms with Gasteiger partial charge in [0.15, 0.2) is 0 Å². The Hall–Kier alpha value is -2.24. The Morgan fingerprint density at radius 2 is 2.00 bits per heavy atom. The highest BCUT2D eigenvalue weighted by Crippen LogP contribution is 2.18. The van der Waals surface area contributed by atoms with E-state index in [-0.39, 0.29) is 0 Å². The fourth-order valence-corrected chi connectivity index (χ4v) is 3.26. The maximum Gasteiger partial charge on any atom is 0.0735 e. The van der Waals surface area contributed by atoms with Crippen molar-refractivity contribution in [2.45, 2.75) is 32.1 Å². The molecule has 0 unspecified atom stereocenters. The SMILES string of the molecule is c1cncc(COC2CCN(Cc3ccn4nccc4c3)CC2)c1. The first-order valence-corrected chi connectivity index (χ1v) is 8.52. The van der Waals surface area contributed by atoms with E-state index < -0.39 is 0 Å². The predicted molar refractivity (Wildman–Crippen MR) is 92.5 cm³/mol. The Morgan fingerprint density at radius 1 is 1.08 bits per heavy atom. The second kappa shape index (κ2) is 7.11. The van der Waals surface area contributed by atoms with Crippen molar-refractivity contribution >= 4 is 5.52 Å². The van der Waals surface area contributed by atoms with E-state index in [4.69, 9.17) is 4.74 Å². The molecule has 3 aromatic heterocycles. The molecular formula is C19H22N4O. The van der Waals surface area contributed by atoms with Crippen LogP contribution in [0.3, 0.4) is 0 Å². The second-order valence-corrected chi connectivity index (χ2v) is 6.38. The van der Waals surface area contributed by atoms with E-state index in [0.29, 0.717) is 12.7 Å². The van der Waals surface area contributed by atoms with Crippen LogP contribution in [-0.4, -0.2) is 38.7 Å². The smallest absolute Gasteiger partial charge is 0.0735 e. The molecule has 4 heterocycles. The number of fused-ring (bicyclic) bond motifs is 1. The molecule has 0 aliphatic carbocycles. The zero-order valence-electron chi connectivity index (χ0n) is 13.7. The van der Waals surface area contributed by atoms with Crippen molar-refractivity contribution in [1.82, 2.24) is 19.5 Å². The lowest BCUT2D eigenvalue weighted by atomic mass is 10.1. The molecule has 0 amide bonds. The number of nitrogens with zero attached hydrogens (tertiary/aromatic N) is 4. The molecule has 5 nitrogen and oxygen atoms in total. The molecule has 24 heavy (non-hydrogen) atoms. The van der Waals surface area contributed by atoms with E-state index in [1.165, 1.54) is 5.56 Å². The van der Waals surface area contributed by atoms with Crippen molar-refractivity contribution in [1.29, 1.82) is 0 Å². The van der Waals surface area contributed by atoms with Gasteiger partial charge in [-0.2, -0.15) is 5.10 Å². The fraction of sp³-hybridized carbons (Fsp3) is 0.368. The van der Waals surface area contributed by atoms with E-state index >= 15 is 0 Å². The van der Waals surface area contributed by atoms with Crippen LogP contribution in [0.1, 0.15) is 24.0 Å². The van der Waals surface area contributed by atoms with E-state index in [9.17, 15) is 0 Å². The van der Waals surface area contributed by atoms with Crippen LogP contribution in [0.15, 0.2) is 55.1 Å². The molecule has 0 aromatic carbocycles. The van der Waals surface area contributed by atoms with Gasteiger partial charge in [-0.3, -0.25) is 9.88 Å². The van der Waals surface area contributed by atoms with Crippen molar-refractivity contribution in [3.63, 3.8) is 0 Å². The van der Waals surface area contributed by atoms with Crippen LogP contribution in [0.5, 0.6) is 0 Å². The predicted octanol–water partition coefficient (Wildman–Crippen LogP) is 2.91. The first kappa shape index (κ1) is 15.3. The minimum absolute atomic E-state index is 0.360. The summed E-state index contributed by atoms with van der Waals surface area (Å²) in [4.78, 5) is 6.64. The number of piperidine rings is 1. The van der Waals surface area contributed by atoms with Crippen molar-refractivity contribution < 1.29 is 4.74 Å². The molecule has 5 heteroatoms. The third-order valence-corrected chi connectivity index (χ3v) is 4.61. The quantitative estimate of drug-likeness (QED) is 0.724. The summed E-state index contributed by atoms with van der Waals surface area (Å²) < 4.78 is 7.94. The van der Waals surface area contributed by atoms with Gasteiger partial charge in [0.25, 0.3) is 0 Å². The van der Waals surface area contributed by atoms with Crippen LogP contribution < -0.4 is 0 Å². The second-order valence-electron chi connectivity index (χ2n) is 6.38. The summed E-state index contributed by atoms with van der Waals surface area (Å²) in [5.41, 5.74) is 3.65. The maximum absolute atomic E-state index is 6.04. The number of ether oxygens (including phenoxy) is 1. The number of hydrogen-bond acceptors (Lipinski definition) is 4. The van der Waals surface area contributed by atoms with Crippen molar-refractivity contribution in [2.75, 3.05) is 13.1 Å². The summed E-state index contributed by atoms with van der Waals surface area (Å²) >= 11 is 0. The van der Waals surface area contributed by atoms with Gasteiger partial charge in [-0.25, -0.2) is 4.52 Å². The average molecular weight is 322 g/mol. The Bertz CT molecular complexity index is 778. The lowest BCUT2D eigenvalue weighted by Gasteiger charge is -2.32. The van der Waals surface area contributed by atoms with Crippen LogP contribution in [0.25, 0.3) is 5.52 Å². The number of aromatic nitrogens is 3. The van der Waals surface area contributed by atoms with Gasteiger partial charge < -0.3 is 4.74 Å². The molecule has 1 saturated heterocycles. The van der Waals surface area contributed by atoms with Crippen molar-refractivity contribution in [3.05, 3.63) is 66.2 Å². The van der Waals surface area contributed by atoms with Gasteiger partial charge in [0.1, 0.15) is 0 Å². The number of rotatable bonds is 5. The van der Waals surface area contributed by atoms with E-state index in [1.54, 1.807) is 6.20 Å². The van der Waals surface area contributed by atoms with E-state index in [0.717, 1.165) is 43.6 Å². The summed E-state index contributed by atoms with van der Waals surface area (Å²) in [6.45, 7) is 3.83. The topological polar surface area (TPSA) is 42.7 Å². The maximum atomic E-state index is 6.04. The Morgan fingerprint density at radius 3 is 2.83 bits per heavy atom. The average Bonchev–Trinajstić information content (AvgIpc) is 3.10. The van der Waals surface area contributed by atoms with Gasteiger partial charge in [0.05, 0.1) is 18.2 Å². The molecule has 4 rings (SSSR count). The summed E-state index contributed by atoms with van der Waals surface area (Å²) in [7, 11) is 0. The van der Waals surface area contributed by atoms with Crippen molar-refractivity contribution in [2.24, 2.45) is 0 Å². The minimum atomic E-state index is 0.360. The minimum Gasteiger partial charge on any atom is -0.373 e. The van der Waals surface area contributed by atoms with E-state index in [2.05, 4.69) is 33.2 Å². The Kier molecular flexibility index (Phi) is 4.53. The molecule has 0 spiro atoms. The monoisotopic (exact) mass is 322 g/mol. The van der Waals surface area contributed by atoms with Gasteiger partial charge in [-0.15, -0.1) is 0 Å². The van der Waals surface area contributed by atoms with Gasteiger partial charge in [-0.1, -0.05) is 6.07 Å². The normalized spacial score (nSPS) is 16.7. The highest BCUT2D eigenvalue weighted by Gasteiger charge is 2.19. The zero-order chi connectivity index (χ0) is 16.2. The van der Waals surface area contributed by atoms with Crippen LogP contribution in [0.2, 0.25) is 0 Å². The molecule has 0 radical (unpaired) electrons. The Labute approximate surface area is 141 Å². The number of pyridine rings is 2. The summed E-state index contributed by atoms with van der Waals surface area (Å²) in [5, 5.41) is 4.24. The number of hydrogen-bond donors (Lipinski definition) is 0. The summed E-state index contributed by atoms with van der Waals surface area (Å²) in [6, 6.07) is 10.4. The van der Waals surface area contributed by atoms with Crippen LogP contribution in [-0.2, 0) is 17.9 Å². The molecule has 1 fully saturated rings. The third-order valence-electron chi connectivity index (χ3n) is 4.61. The van der Waals surface area contributed by atoms with Gasteiger partial charge in [0, 0.05) is 44.4 Å². The molecule has 0 saturated carbocycles. The van der Waals surface area contributed by atoms with Crippen LogP contribution >= 0.6 is 0 Å². The summed E-state index contributed by atoms with van der Waals surface area (Å²) in [5.74, 6) is 0. The summed E-state index contributed by atoms with van der Waals surface area (Å²) in [6.07, 6.45) is 10.1. The van der Waals surface area contributed by atoms with Gasteiger partial charge in [0.2, 0.25) is 0 Å². The lowest BCUT2D eigenvalue weighted by molar-refractivity contribution is -0.00403. The molecule has 0 atom stereocenters. The largest absolute Gasteiger partial charge is 0.373 e. The first-order valence-electron chi connectivity index (χ1n) is 8.52. The van der Waals surface area contributed by atoms with Crippen LogP contribution in [0, 0.1) is 0 Å². The molecular weight excluding hydrogens is 300 g/mol. The fourth-order valence-electron chi connectivity index (χ4n) is 3.26. The lowest BCUT2D eigenvalue weighted by Crippen LogP contribution is -2.36. The first-order chi connectivity index (χ1) is 11.9. The molecule has 0 N–H and O–H groups in total. The van der Waals surface area contributed by atoms with Crippen molar-refractivity contribution in [3.8, 4) is 0 Å². The Balaban J connectivity index is 1.26. The highest BCUT2D eigenvalue weighted by atomic mass is 16.5. The standard InChI is InChI=1S/C19H22N4O/c1-2-17(13-20-7-1)15-24-19-5-9-22(10-6-19)14-16-4-11-23-18(12-16)3-8-21-23/h1-4,7-8,11-13,19H,5-6,9-10,14-15H2. The van der Waals surface area contributed by atoms with E-state index in [1.807, 2.05) is 35.2 Å².